The lowest BCUT2D eigenvalue weighted by Crippen LogP contribution is -2.01. The minimum Gasteiger partial charge on any atom is -0.326 e. The molecule has 6 heteroatoms. The van der Waals surface area contributed by atoms with E-state index in [0.29, 0.717) is 11.7 Å². The zero-order chi connectivity index (χ0) is 10.5. The van der Waals surface area contributed by atoms with E-state index in [0.717, 1.165) is 10.6 Å². The second kappa shape index (κ2) is 4.81. The van der Waals surface area contributed by atoms with Crippen LogP contribution in [-0.4, -0.2) is 20.2 Å². The highest BCUT2D eigenvalue weighted by molar-refractivity contribution is 7.99. The number of nitrogens with zero attached hydrogens (tertiary/aromatic N) is 4. The predicted octanol–water partition coefficient (Wildman–Crippen LogP) is 0.876. The van der Waals surface area contributed by atoms with Gasteiger partial charge in [-0.3, -0.25) is 0 Å². The lowest BCUT2D eigenvalue weighted by atomic mass is 10.3. The van der Waals surface area contributed by atoms with E-state index < -0.39 is 0 Å². The van der Waals surface area contributed by atoms with Crippen LogP contribution in [0.3, 0.4) is 0 Å². The fourth-order valence-electron chi connectivity index (χ4n) is 1.01. The fourth-order valence-corrected chi connectivity index (χ4v) is 1.78. The maximum atomic E-state index is 5.58. The highest BCUT2D eigenvalue weighted by atomic mass is 32.2. The molecule has 0 atom stereocenters. The van der Waals surface area contributed by atoms with Crippen LogP contribution in [0.2, 0.25) is 0 Å². The van der Waals surface area contributed by atoms with Crippen molar-refractivity contribution in [3.8, 4) is 0 Å². The van der Waals surface area contributed by atoms with Crippen LogP contribution in [0.5, 0.6) is 0 Å². The topological polar surface area (TPSA) is 77.6 Å². The van der Waals surface area contributed by atoms with Gasteiger partial charge in [0.25, 0.3) is 0 Å². The molecule has 0 aliphatic heterocycles. The van der Waals surface area contributed by atoms with Crippen LogP contribution < -0.4 is 5.73 Å². The van der Waals surface area contributed by atoms with E-state index in [1.165, 1.54) is 11.8 Å². The van der Waals surface area contributed by atoms with Crippen molar-refractivity contribution in [3.63, 3.8) is 0 Å². The van der Waals surface area contributed by atoms with Crippen LogP contribution in [0.15, 0.2) is 40.9 Å². The first-order valence-electron chi connectivity index (χ1n) is 4.35. The van der Waals surface area contributed by atoms with Crippen molar-refractivity contribution < 1.29 is 0 Å². The summed E-state index contributed by atoms with van der Waals surface area (Å²) in [6.07, 6.45) is 5.00. The van der Waals surface area contributed by atoms with Crippen molar-refractivity contribution in [1.82, 2.24) is 20.2 Å². The average molecular weight is 219 g/mol. The molecule has 0 aromatic carbocycles. The predicted molar refractivity (Wildman–Crippen MR) is 56.1 cm³/mol. The number of hydrogen-bond acceptors (Lipinski definition) is 6. The molecule has 0 fully saturated rings. The molecule has 0 spiro atoms. The van der Waals surface area contributed by atoms with Gasteiger partial charge in [0.2, 0.25) is 0 Å². The van der Waals surface area contributed by atoms with E-state index in [1.807, 2.05) is 6.07 Å². The third-order valence-electron chi connectivity index (χ3n) is 1.72. The summed E-state index contributed by atoms with van der Waals surface area (Å²) in [4.78, 5) is 8.19. The molecular weight excluding hydrogens is 210 g/mol. The molecule has 0 bridgehead atoms. The van der Waals surface area contributed by atoms with E-state index in [4.69, 9.17) is 5.73 Å². The smallest absolute Gasteiger partial charge is 0.193 e. The maximum Gasteiger partial charge on any atom is 0.193 e. The van der Waals surface area contributed by atoms with Gasteiger partial charge in [-0.1, -0.05) is 0 Å². The quantitative estimate of drug-likeness (QED) is 0.772. The second-order valence-electron chi connectivity index (χ2n) is 2.70. The van der Waals surface area contributed by atoms with Gasteiger partial charge in [-0.2, -0.15) is 5.10 Å². The van der Waals surface area contributed by atoms with Crippen molar-refractivity contribution in [3.05, 3.63) is 36.3 Å². The summed E-state index contributed by atoms with van der Waals surface area (Å²) >= 11 is 1.36. The molecule has 2 N–H and O–H groups in total. The molecule has 0 aliphatic carbocycles. The largest absolute Gasteiger partial charge is 0.326 e. The lowest BCUT2D eigenvalue weighted by Gasteiger charge is -2.02. The Morgan fingerprint density at radius 1 is 1.20 bits per heavy atom. The molecule has 2 aromatic heterocycles. The van der Waals surface area contributed by atoms with Crippen LogP contribution in [0.4, 0.5) is 0 Å². The molecule has 0 amide bonds. The molecule has 2 rings (SSSR count). The Bertz CT molecular complexity index is 434. The summed E-state index contributed by atoms with van der Waals surface area (Å²) in [5.74, 6) is 0. The minimum absolute atomic E-state index is 0.435. The normalized spacial score (nSPS) is 10.2. The first-order valence-corrected chi connectivity index (χ1v) is 5.17. The molecule has 0 saturated carbocycles. The Kier molecular flexibility index (Phi) is 3.21. The molecule has 0 radical (unpaired) electrons. The molecule has 0 aliphatic rings. The Morgan fingerprint density at radius 2 is 2.00 bits per heavy atom. The van der Waals surface area contributed by atoms with Gasteiger partial charge >= 0.3 is 0 Å². The summed E-state index contributed by atoms with van der Waals surface area (Å²) in [5.41, 5.74) is 6.53. The zero-order valence-corrected chi connectivity index (χ0v) is 8.68. The summed E-state index contributed by atoms with van der Waals surface area (Å²) in [6, 6.07) is 3.61. The Morgan fingerprint density at radius 3 is 2.73 bits per heavy atom. The third kappa shape index (κ3) is 2.48. The van der Waals surface area contributed by atoms with Crippen LogP contribution >= 0.6 is 11.8 Å². The van der Waals surface area contributed by atoms with Crippen molar-refractivity contribution in [2.24, 2.45) is 5.73 Å². The number of aromatic nitrogens is 4. The highest BCUT2D eigenvalue weighted by Crippen LogP contribution is 2.24. The second-order valence-corrected chi connectivity index (χ2v) is 3.66. The zero-order valence-electron chi connectivity index (χ0n) is 7.87. The summed E-state index contributed by atoms with van der Waals surface area (Å²) < 4.78 is 0. The average Bonchev–Trinajstić information content (AvgIpc) is 2.31. The van der Waals surface area contributed by atoms with E-state index in [9.17, 15) is 0 Å². The minimum atomic E-state index is 0.435. The van der Waals surface area contributed by atoms with E-state index in [1.54, 1.807) is 24.7 Å². The molecule has 15 heavy (non-hydrogen) atoms. The standard InChI is InChI=1S/C9H9N5S/c10-6-7-2-5-13-14-8(7)15-9-11-3-1-4-12-9/h1-5H,6,10H2. The van der Waals surface area contributed by atoms with Crippen molar-refractivity contribution in [2.75, 3.05) is 0 Å². The number of hydrogen-bond donors (Lipinski definition) is 1. The Labute approximate surface area is 91.2 Å². The van der Waals surface area contributed by atoms with E-state index >= 15 is 0 Å². The van der Waals surface area contributed by atoms with Crippen molar-refractivity contribution >= 4 is 11.8 Å². The first-order chi connectivity index (χ1) is 7.40. The van der Waals surface area contributed by atoms with Gasteiger partial charge in [0.1, 0.15) is 5.03 Å². The van der Waals surface area contributed by atoms with E-state index in [2.05, 4.69) is 20.2 Å². The third-order valence-corrected chi connectivity index (χ3v) is 2.65. The van der Waals surface area contributed by atoms with Gasteiger partial charge in [-0.05, 0) is 23.9 Å². The molecule has 0 saturated heterocycles. The van der Waals surface area contributed by atoms with Gasteiger partial charge in [0.05, 0.1) is 0 Å². The van der Waals surface area contributed by atoms with Crippen LogP contribution in [-0.2, 0) is 6.54 Å². The van der Waals surface area contributed by atoms with Crippen LogP contribution in [0, 0.1) is 0 Å². The van der Waals surface area contributed by atoms with Gasteiger partial charge in [-0.25, -0.2) is 9.97 Å². The van der Waals surface area contributed by atoms with E-state index in [-0.39, 0.29) is 0 Å². The first kappa shape index (κ1) is 10.0. The summed E-state index contributed by atoms with van der Waals surface area (Å²) in [5, 5.41) is 9.21. The maximum absolute atomic E-state index is 5.58. The molecular formula is C9H9N5S. The molecule has 5 nitrogen and oxygen atoms in total. The van der Waals surface area contributed by atoms with Crippen molar-refractivity contribution in [1.29, 1.82) is 0 Å². The Balaban J connectivity index is 2.24. The number of nitrogens with two attached hydrogens (primary N) is 1. The van der Waals surface area contributed by atoms with Crippen LogP contribution in [0.25, 0.3) is 0 Å². The number of rotatable bonds is 3. The van der Waals surface area contributed by atoms with Crippen LogP contribution in [0.1, 0.15) is 5.56 Å². The van der Waals surface area contributed by atoms with Gasteiger partial charge < -0.3 is 5.73 Å². The summed E-state index contributed by atoms with van der Waals surface area (Å²) in [6.45, 7) is 0.435. The highest BCUT2D eigenvalue weighted by Gasteiger charge is 2.06. The molecule has 2 aromatic rings. The van der Waals surface area contributed by atoms with Gasteiger partial charge in [0.15, 0.2) is 5.16 Å². The SMILES string of the molecule is NCc1ccnnc1Sc1ncccn1. The monoisotopic (exact) mass is 219 g/mol. The molecule has 2 heterocycles. The molecule has 76 valence electrons. The summed E-state index contributed by atoms with van der Waals surface area (Å²) in [7, 11) is 0. The Hall–Kier alpha value is -1.53. The van der Waals surface area contributed by atoms with Gasteiger partial charge in [-0.15, -0.1) is 5.10 Å². The van der Waals surface area contributed by atoms with Gasteiger partial charge in [0, 0.05) is 30.7 Å². The fraction of sp³-hybridized carbons (Fsp3) is 0.111. The molecule has 0 unspecified atom stereocenters. The van der Waals surface area contributed by atoms with Crippen molar-refractivity contribution in [2.45, 2.75) is 16.7 Å². The lowest BCUT2D eigenvalue weighted by molar-refractivity contribution is 0.859.